The molecule has 4 rings (SSSR count). The van der Waals surface area contributed by atoms with E-state index >= 15 is 0 Å². The summed E-state index contributed by atoms with van der Waals surface area (Å²) in [5.74, 6) is -1.28. The van der Waals surface area contributed by atoms with Gasteiger partial charge in [-0.15, -0.1) is 0 Å². The molecule has 152 valence electrons. The van der Waals surface area contributed by atoms with Crippen molar-refractivity contribution in [1.29, 1.82) is 0 Å². The summed E-state index contributed by atoms with van der Waals surface area (Å²) < 4.78 is 28.4. The van der Waals surface area contributed by atoms with Crippen molar-refractivity contribution in [3.8, 4) is 11.3 Å². The monoisotopic (exact) mass is 425 g/mol. The van der Waals surface area contributed by atoms with Crippen molar-refractivity contribution >= 4 is 32.6 Å². The molecule has 5 nitrogen and oxygen atoms in total. The number of thiazole rings is 1. The van der Waals surface area contributed by atoms with Crippen LogP contribution in [0.1, 0.15) is 35.4 Å². The lowest BCUT2D eigenvalue weighted by atomic mass is 10.0. The third-order valence-electron chi connectivity index (χ3n) is 4.63. The van der Waals surface area contributed by atoms with E-state index in [1.807, 2.05) is 0 Å². The highest BCUT2D eigenvalue weighted by Gasteiger charge is 2.14. The molecule has 2 N–H and O–H groups in total. The van der Waals surface area contributed by atoms with Crippen molar-refractivity contribution in [3.63, 3.8) is 0 Å². The van der Waals surface area contributed by atoms with Crippen LogP contribution in [0.2, 0.25) is 0 Å². The minimum Gasteiger partial charge on any atom is -0.388 e. The van der Waals surface area contributed by atoms with Crippen LogP contribution in [-0.2, 0) is 0 Å². The molecule has 8 heteroatoms. The average Bonchev–Trinajstić information content (AvgIpc) is 3.14. The van der Waals surface area contributed by atoms with E-state index in [-0.39, 0.29) is 17.4 Å². The highest BCUT2D eigenvalue weighted by atomic mass is 32.1. The second-order valence-electron chi connectivity index (χ2n) is 6.69. The molecule has 1 atom stereocenters. The number of anilines is 1. The number of fused-ring (bicyclic) bond motifs is 1. The molecule has 2 aromatic carbocycles. The zero-order valence-electron chi connectivity index (χ0n) is 15.9. The van der Waals surface area contributed by atoms with Crippen LogP contribution >= 0.6 is 11.3 Å². The number of halogens is 2. The minimum absolute atomic E-state index is 0.141. The number of pyridine rings is 1. The molecule has 30 heavy (non-hydrogen) atoms. The lowest BCUT2D eigenvalue weighted by molar-refractivity contribution is 0.102. The largest absolute Gasteiger partial charge is 0.388 e. The van der Waals surface area contributed by atoms with E-state index in [1.54, 1.807) is 37.3 Å². The molecule has 2 aromatic heterocycles. The molecule has 1 unspecified atom stereocenters. The lowest BCUT2D eigenvalue weighted by Crippen LogP contribution is -2.11. The summed E-state index contributed by atoms with van der Waals surface area (Å²) in [6.45, 7) is 1.80. The predicted molar refractivity (Wildman–Crippen MR) is 112 cm³/mol. The summed E-state index contributed by atoms with van der Waals surface area (Å²) in [5.41, 5.74) is 2.04. The van der Waals surface area contributed by atoms with Crippen LogP contribution in [0.4, 0.5) is 13.9 Å². The number of benzene rings is 2. The number of carbonyl (C=O) groups excluding carboxylic acids is 1. The van der Waals surface area contributed by atoms with Crippen molar-refractivity contribution in [2.75, 3.05) is 5.32 Å². The maximum absolute atomic E-state index is 14.4. The highest BCUT2D eigenvalue weighted by Crippen LogP contribution is 2.28. The van der Waals surface area contributed by atoms with Crippen molar-refractivity contribution in [2.45, 2.75) is 19.4 Å². The molecule has 0 saturated carbocycles. The number of aliphatic hydroxyl groups excluding tert-OH is 1. The molecule has 0 bridgehead atoms. The minimum atomic E-state index is -0.758. The molecule has 2 heterocycles. The standard InChI is InChI=1S/C22H17F2N3O2S/c1-2-18(28)14-9-16(24)20(25-11-14)12-3-5-13(6-4-12)21(29)27-22-26-17-8-7-15(23)10-19(17)30-22/h3-11,18,28H,2H2,1H3,(H,26,27,29). The second-order valence-corrected chi connectivity index (χ2v) is 7.72. The van der Waals surface area contributed by atoms with E-state index in [2.05, 4.69) is 15.3 Å². The first-order valence-corrected chi connectivity index (χ1v) is 10.1. The van der Waals surface area contributed by atoms with Crippen molar-refractivity contribution in [3.05, 3.63) is 77.5 Å². The number of aliphatic hydroxyl groups is 1. The van der Waals surface area contributed by atoms with Crippen LogP contribution in [-0.4, -0.2) is 21.0 Å². The Balaban J connectivity index is 1.52. The molecule has 0 aliphatic carbocycles. The zero-order chi connectivity index (χ0) is 21.3. The molecule has 0 radical (unpaired) electrons. The summed E-state index contributed by atoms with van der Waals surface area (Å²) in [4.78, 5) is 20.9. The first kappa shape index (κ1) is 20.1. The maximum Gasteiger partial charge on any atom is 0.257 e. The molecule has 0 fully saturated rings. The van der Waals surface area contributed by atoms with Crippen LogP contribution < -0.4 is 5.32 Å². The molecule has 0 saturated heterocycles. The van der Waals surface area contributed by atoms with Gasteiger partial charge in [0.2, 0.25) is 0 Å². The first-order valence-electron chi connectivity index (χ1n) is 9.26. The first-order chi connectivity index (χ1) is 14.4. The van der Waals surface area contributed by atoms with Gasteiger partial charge in [0.15, 0.2) is 5.13 Å². The number of aromatic nitrogens is 2. The third kappa shape index (κ3) is 4.05. The zero-order valence-corrected chi connectivity index (χ0v) is 16.7. The van der Waals surface area contributed by atoms with Gasteiger partial charge in [0.05, 0.1) is 16.3 Å². The number of hydrogen-bond acceptors (Lipinski definition) is 5. The van der Waals surface area contributed by atoms with E-state index in [9.17, 15) is 18.7 Å². The molecule has 1 amide bonds. The van der Waals surface area contributed by atoms with Gasteiger partial charge in [0.1, 0.15) is 17.3 Å². The fourth-order valence-corrected chi connectivity index (χ4v) is 3.87. The smallest absolute Gasteiger partial charge is 0.257 e. The molecule has 0 aliphatic heterocycles. The number of nitrogens with zero attached hydrogens (tertiary/aromatic N) is 2. The van der Waals surface area contributed by atoms with Gasteiger partial charge in [0, 0.05) is 22.9 Å². The quantitative estimate of drug-likeness (QED) is 0.453. The van der Waals surface area contributed by atoms with Gasteiger partial charge in [-0.05, 0) is 42.8 Å². The fraction of sp³-hybridized carbons (Fsp3) is 0.136. The van der Waals surface area contributed by atoms with Crippen LogP contribution in [0, 0.1) is 11.6 Å². The maximum atomic E-state index is 14.4. The Morgan fingerprint density at radius 2 is 1.93 bits per heavy atom. The Morgan fingerprint density at radius 3 is 2.63 bits per heavy atom. The van der Waals surface area contributed by atoms with Crippen LogP contribution in [0.15, 0.2) is 54.7 Å². The summed E-state index contributed by atoms with van der Waals surface area (Å²) in [5, 5.41) is 12.9. The van der Waals surface area contributed by atoms with Crippen LogP contribution in [0.3, 0.4) is 0 Å². The van der Waals surface area contributed by atoms with Crippen molar-refractivity contribution in [1.82, 2.24) is 9.97 Å². The highest BCUT2D eigenvalue weighted by molar-refractivity contribution is 7.22. The van der Waals surface area contributed by atoms with Crippen molar-refractivity contribution in [2.24, 2.45) is 0 Å². The Hall–Kier alpha value is -3.23. The fourth-order valence-electron chi connectivity index (χ4n) is 2.98. The molecule has 0 aliphatic rings. The number of carbonyl (C=O) groups is 1. The summed E-state index contributed by atoms with van der Waals surface area (Å²) in [7, 11) is 0. The number of rotatable bonds is 5. The Kier molecular flexibility index (Phi) is 5.52. The SMILES string of the molecule is CCC(O)c1cnc(-c2ccc(C(=O)Nc3nc4ccc(F)cc4s3)cc2)c(F)c1. The van der Waals surface area contributed by atoms with Crippen LogP contribution in [0.5, 0.6) is 0 Å². The van der Waals surface area contributed by atoms with E-state index < -0.39 is 11.9 Å². The molecular weight excluding hydrogens is 408 g/mol. The number of amides is 1. The normalized spacial score (nSPS) is 12.1. The average molecular weight is 425 g/mol. The Morgan fingerprint density at radius 1 is 1.17 bits per heavy atom. The van der Waals surface area contributed by atoms with Gasteiger partial charge >= 0.3 is 0 Å². The molecular formula is C22H17F2N3O2S. The Labute approximate surface area is 175 Å². The van der Waals surface area contributed by atoms with E-state index in [4.69, 9.17) is 0 Å². The van der Waals surface area contributed by atoms with Crippen LogP contribution in [0.25, 0.3) is 21.5 Å². The second kappa shape index (κ2) is 8.25. The molecule has 4 aromatic rings. The topological polar surface area (TPSA) is 75.1 Å². The predicted octanol–water partition coefficient (Wildman–Crippen LogP) is 5.33. The molecule has 0 spiro atoms. The Bertz CT molecular complexity index is 1230. The van der Waals surface area contributed by atoms with Gasteiger partial charge in [-0.2, -0.15) is 0 Å². The third-order valence-corrected chi connectivity index (χ3v) is 5.56. The van der Waals surface area contributed by atoms with E-state index in [0.717, 1.165) is 0 Å². The van der Waals surface area contributed by atoms with Gasteiger partial charge in [-0.25, -0.2) is 13.8 Å². The number of nitrogens with one attached hydrogen (secondary N) is 1. The summed E-state index contributed by atoms with van der Waals surface area (Å²) >= 11 is 1.18. The van der Waals surface area contributed by atoms with Gasteiger partial charge in [0.25, 0.3) is 5.91 Å². The van der Waals surface area contributed by atoms with Gasteiger partial charge < -0.3 is 5.11 Å². The van der Waals surface area contributed by atoms with Gasteiger partial charge in [-0.1, -0.05) is 30.4 Å². The van der Waals surface area contributed by atoms with Gasteiger partial charge in [-0.3, -0.25) is 15.1 Å². The lowest BCUT2D eigenvalue weighted by Gasteiger charge is -2.10. The van der Waals surface area contributed by atoms with Crippen molar-refractivity contribution < 1.29 is 18.7 Å². The van der Waals surface area contributed by atoms with E-state index in [0.29, 0.717) is 38.5 Å². The number of hydrogen-bond donors (Lipinski definition) is 2. The van der Waals surface area contributed by atoms with E-state index in [1.165, 1.54) is 35.7 Å². The summed E-state index contributed by atoms with van der Waals surface area (Å²) in [6, 6.07) is 11.8. The summed E-state index contributed by atoms with van der Waals surface area (Å²) in [6.07, 6.45) is 1.16.